The number of carboxylic acid groups (broad SMARTS) is 1. The van der Waals surface area contributed by atoms with Gasteiger partial charge in [-0.3, -0.25) is 4.68 Å². The van der Waals surface area contributed by atoms with Crippen molar-refractivity contribution in [3.8, 4) is 0 Å². The molecule has 2 N–H and O–H groups in total. The average molecular weight is 270 g/mol. The monoisotopic (exact) mass is 270 g/mol. The molecule has 0 aliphatic carbocycles. The Morgan fingerprint density at radius 2 is 2.26 bits per heavy atom. The molecule has 0 amide bonds. The highest BCUT2D eigenvalue weighted by atomic mass is 19.3. The number of aromatic nitrogens is 3. The summed E-state index contributed by atoms with van der Waals surface area (Å²) in [6.45, 7) is 1.04. The molecule has 2 rings (SSSR count). The van der Waals surface area contributed by atoms with Gasteiger partial charge in [-0.1, -0.05) is 0 Å². The summed E-state index contributed by atoms with van der Waals surface area (Å²) in [6, 6.07) is 0. The van der Waals surface area contributed by atoms with Crippen LogP contribution in [0.25, 0.3) is 11.0 Å². The molecular formula is C11H12F2N4O2. The second-order valence-corrected chi connectivity index (χ2v) is 4.03. The summed E-state index contributed by atoms with van der Waals surface area (Å²) < 4.78 is 26.1. The van der Waals surface area contributed by atoms with Crippen LogP contribution in [0.4, 0.5) is 14.5 Å². The van der Waals surface area contributed by atoms with Crippen molar-refractivity contribution in [3.05, 3.63) is 17.5 Å². The van der Waals surface area contributed by atoms with Crippen molar-refractivity contribution in [2.24, 2.45) is 7.05 Å². The maximum Gasteiger partial charge on any atom is 0.339 e. The van der Waals surface area contributed by atoms with Gasteiger partial charge in [-0.2, -0.15) is 5.10 Å². The van der Waals surface area contributed by atoms with Crippen LogP contribution >= 0.6 is 0 Å². The quantitative estimate of drug-likeness (QED) is 0.883. The number of aryl methyl sites for hydroxylation is 2. The molecule has 19 heavy (non-hydrogen) atoms. The van der Waals surface area contributed by atoms with Gasteiger partial charge in [0.15, 0.2) is 5.65 Å². The van der Waals surface area contributed by atoms with Crippen LogP contribution in [0.15, 0.2) is 6.20 Å². The van der Waals surface area contributed by atoms with Gasteiger partial charge in [-0.05, 0) is 6.92 Å². The van der Waals surface area contributed by atoms with Gasteiger partial charge in [0, 0.05) is 13.2 Å². The van der Waals surface area contributed by atoms with Crippen molar-refractivity contribution < 1.29 is 18.7 Å². The third kappa shape index (κ3) is 2.33. The van der Waals surface area contributed by atoms with Crippen molar-refractivity contribution in [2.75, 3.05) is 11.9 Å². The highest BCUT2D eigenvalue weighted by Crippen LogP contribution is 2.28. The number of aromatic carboxylic acids is 1. The summed E-state index contributed by atoms with van der Waals surface area (Å²) in [5.41, 5.74) is 0.955. The van der Waals surface area contributed by atoms with Gasteiger partial charge < -0.3 is 10.4 Å². The van der Waals surface area contributed by atoms with Gasteiger partial charge in [0.25, 0.3) is 6.43 Å². The number of rotatable bonds is 4. The molecule has 2 heterocycles. The summed E-state index contributed by atoms with van der Waals surface area (Å²) in [5, 5.41) is 16.1. The van der Waals surface area contributed by atoms with Crippen molar-refractivity contribution in [1.29, 1.82) is 0 Å². The lowest BCUT2D eigenvalue weighted by Gasteiger charge is -2.10. The first-order chi connectivity index (χ1) is 8.91. The van der Waals surface area contributed by atoms with E-state index in [-0.39, 0.29) is 11.3 Å². The van der Waals surface area contributed by atoms with E-state index in [1.807, 2.05) is 0 Å². The minimum atomic E-state index is -2.58. The van der Waals surface area contributed by atoms with Crippen molar-refractivity contribution in [3.63, 3.8) is 0 Å². The number of pyridine rings is 1. The van der Waals surface area contributed by atoms with E-state index in [1.54, 1.807) is 14.0 Å². The third-order valence-electron chi connectivity index (χ3n) is 2.69. The van der Waals surface area contributed by atoms with E-state index in [2.05, 4.69) is 15.4 Å². The zero-order valence-corrected chi connectivity index (χ0v) is 10.3. The number of nitrogens with one attached hydrogen (secondary N) is 1. The molecule has 2 aromatic rings. The zero-order valence-electron chi connectivity index (χ0n) is 10.3. The lowest BCUT2D eigenvalue weighted by atomic mass is 10.1. The fraction of sp³-hybridized carbons (Fsp3) is 0.364. The van der Waals surface area contributed by atoms with E-state index in [1.165, 1.54) is 4.68 Å². The number of hydrogen-bond donors (Lipinski definition) is 2. The Hall–Kier alpha value is -2.25. The van der Waals surface area contributed by atoms with E-state index in [9.17, 15) is 13.6 Å². The summed E-state index contributed by atoms with van der Waals surface area (Å²) in [4.78, 5) is 15.1. The number of nitrogens with zero attached hydrogens (tertiary/aromatic N) is 3. The van der Waals surface area contributed by atoms with E-state index < -0.39 is 18.9 Å². The number of anilines is 1. The number of alkyl halides is 2. The van der Waals surface area contributed by atoms with Crippen molar-refractivity contribution in [2.45, 2.75) is 13.3 Å². The first-order valence-corrected chi connectivity index (χ1v) is 5.49. The highest BCUT2D eigenvalue weighted by molar-refractivity contribution is 6.04. The summed E-state index contributed by atoms with van der Waals surface area (Å²) in [7, 11) is 1.65. The predicted molar refractivity (Wildman–Crippen MR) is 64.7 cm³/mol. The van der Waals surface area contributed by atoms with Gasteiger partial charge in [-0.15, -0.1) is 0 Å². The molecule has 0 saturated carbocycles. The molecule has 6 nitrogen and oxygen atoms in total. The molecule has 0 atom stereocenters. The van der Waals surface area contributed by atoms with Crippen LogP contribution in [0.5, 0.6) is 0 Å². The molecule has 0 fully saturated rings. The molecule has 0 aliphatic heterocycles. The number of halogens is 2. The summed E-state index contributed by atoms with van der Waals surface area (Å²) in [6.07, 6.45) is -1.44. The smallest absolute Gasteiger partial charge is 0.339 e. The maximum atomic E-state index is 12.3. The van der Waals surface area contributed by atoms with Crippen LogP contribution < -0.4 is 5.32 Å². The van der Waals surface area contributed by atoms with Crippen LogP contribution in [-0.2, 0) is 7.05 Å². The fourth-order valence-electron chi connectivity index (χ4n) is 1.94. The molecule has 0 bridgehead atoms. The number of hydrogen-bond acceptors (Lipinski definition) is 4. The Labute approximate surface area is 107 Å². The van der Waals surface area contributed by atoms with Gasteiger partial charge in [0.2, 0.25) is 0 Å². The molecule has 2 aromatic heterocycles. The summed E-state index contributed by atoms with van der Waals surface area (Å²) >= 11 is 0. The van der Waals surface area contributed by atoms with Crippen molar-refractivity contribution in [1.82, 2.24) is 14.8 Å². The largest absolute Gasteiger partial charge is 0.478 e. The SMILES string of the molecule is Cc1nn(C)c2ncc(C(=O)O)c(NCC(F)F)c12. The average Bonchev–Trinajstić information content (AvgIpc) is 2.62. The van der Waals surface area contributed by atoms with Gasteiger partial charge in [-0.25, -0.2) is 18.6 Å². The van der Waals surface area contributed by atoms with Gasteiger partial charge in [0.1, 0.15) is 5.56 Å². The Bertz CT molecular complexity index is 639. The van der Waals surface area contributed by atoms with Crippen LogP contribution in [0.2, 0.25) is 0 Å². The van der Waals surface area contributed by atoms with E-state index in [0.717, 1.165) is 6.20 Å². The first-order valence-electron chi connectivity index (χ1n) is 5.49. The predicted octanol–water partition coefficient (Wildman–Crippen LogP) is 1.65. The normalized spacial score (nSPS) is 11.2. The molecule has 0 saturated heterocycles. The zero-order chi connectivity index (χ0) is 14.2. The van der Waals surface area contributed by atoms with Crippen molar-refractivity contribution >= 4 is 22.7 Å². The van der Waals surface area contributed by atoms with Crippen LogP contribution in [0.1, 0.15) is 16.1 Å². The first kappa shape index (κ1) is 13.2. The Kier molecular flexibility index (Phi) is 3.32. The molecular weight excluding hydrogens is 258 g/mol. The van der Waals surface area contributed by atoms with E-state index in [4.69, 9.17) is 5.11 Å². The highest BCUT2D eigenvalue weighted by Gasteiger charge is 2.19. The summed E-state index contributed by atoms with van der Waals surface area (Å²) in [5.74, 6) is -1.23. The Morgan fingerprint density at radius 1 is 1.58 bits per heavy atom. The number of carbonyl (C=O) groups is 1. The molecule has 8 heteroatoms. The van der Waals surface area contributed by atoms with E-state index in [0.29, 0.717) is 16.7 Å². The van der Waals surface area contributed by atoms with Crippen LogP contribution in [-0.4, -0.2) is 38.8 Å². The minimum absolute atomic E-state index is 0.128. The lowest BCUT2D eigenvalue weighted by Crippen LogP contribution is -2.14. The Morgan fingerprint density at radius 3 is 2.84 bits per heavy atom. The fourth-order valence-corrected chi connectivity index (χ4v) is 1.94. The molecule has 0 aromatic carbocycles. The minimum Gasteiger partial charge on any atom is -0.478 e. The second kappa shape index (κ2) is 4.79. The molecule has 0 aliphatic rings. The lowest BCUT2D eigenvalue weighted by molar-refractivity contribution is 0.0697. The maximum absolute atomic E-state index is 12.3. The van der Waals surface area contributed by atoms with Crippen LogP contribution in [0.3, 0.4) is 0 Å². The second-order valence-electron chi connectivity index (χ2n) is 4.03. The van der Waals surface area contributed by atoms with Gasteiger partial charge in [0.05, 0.1) is 23.3 Å². The molecule has 0 spiro atoms. The van der Waals surface area contributed by atoms with E-state index >= 15 is 0 Å². The standard InChI is InChI=1S/C11H12F2N4O2/c1-5-8-9(14-4-7(12)13)6(11(18)19)3-15-10(8)17(2)16-5/h3,7H,4H2,1-2H3,(H,14,15)(H,18,19). The number of carboxylic acids is 1. The number of fused-ring (bicyclic) bond motifs is 1. The van der Waals surface area contributed by atoms with Gasteiger partial charge >= 0.3 is 5.97 Å². The third-order valence-corrected chi connectivity index (χ3v) is 2.69. The van der Waals surface area contributed by atoms with Crippen LogP contribution in [0, 0.1) is 6.92 Å². The topological polar surface area (TPSA) is 80.0 Å². The molecule has 0 unspecified atom stereocenters. The Balaban J connectivity index is 2.65. The molecule has 102 valence electrons. The molecule has 0 radical (unpaired) electrons.